The molecule has 1 aliphatic rings. The molecule has 0 saturated carbocycles. The van der Waals surface area contributed by atoms with Crippen molar-refractivity contribution in [1.29, 1.82) is 0 Å². The van der Waals surface area contributed by atoms with E-state index < -0.39 is 0 Å². The quantitative estimate of drug-likeness (QED) is 0.882. The van der Waals surface area contributed by atoms with Gasteiger partial charge in [0.2, 0.25) is 0 Å². The summed E-state index contributed by atoms with van der Waals surface area (Å²) in [6.45, 7) is 11.6. The van der Waals surface area contributed by atoms with Gasteiger partial charge in [0, 0.05) is 32.2 Å². The summed E-state index contributed by atoms with van der Waals surface area (Å²) in [7, 11) is 0. The fourth-order valence-corrected chi connectivity index (χ4v) is 2.52. The Morgan fingerprint density at radius 2 is 2.00 bits per heavy atom. The molecule has 1 saturated heterocycles. The molecule has 1 fully saturated rings. The van der Waals surface area contributed by atoms with Gasteiger partial charge in [-0.25, -0.2) is 0 Å². The monoisotopic (exact) mass is 248 g/mol. The fourth-order valence-electron chi connectivity index (χ4n) is 2.52. The lowest BCUT2D eigenvalue weighted by Crippen LogP contribution is -2.50. The number of rotatable bonds is 4. The molecule has 0 amide bonds. The third kappa shape index (κ3) is 4.00. The number of piperazine rings is 1. The second-order valence-corrected chi connectivity index (χ2v) is 5.33. The zero-order valence-corrected chi connectivity index (χ0v) is 11.7. The van der Waals surface area contributed by atoms with Crippen molar-refractivity contribution in [3.8, 4) is 5.75 Å². The molecule has 0 aliphatic carbocycles. The molecule has 1 aromatic rings. The van der Waals surface area contributed by atoms with Gasteiger partial charge in [-0.3, -0.25) is 4.90 Å². The van der Waals surface area contributed by atoms with E-state index in [0.717, 1.165) is 38.5 Å². The van der Waals surface area contributed by atoms with Crippen LogP contribution in [0.2, 0.25) is 0 Å². The van der Waals surface area contributed by atoms with Gasteiger partial charge in [0.15, 0.2) is 0 Å². The molecule has 0 unspecified atom stereocenters. The largest absolute Gasteiger partial charge is 0.492 e. The third-order valence-electron chi connectivity index (χ3n) is 3.32. The fraction of sp³-hybridized carbons (Fsp3) is 0.600. The van der Waals surface area contributed by atoms with E-state index in [9.17, 15) is 0 Å². The van der Waals surface area contributed by atoms with Gasteiger partial charge in [-0.1, -0.05) is 6.07 Å². The standard InChI is InChI=1S/C15H24N2O/c1-12-8-13(2)10-15(9-12)18-7-6-17-5-4-16-14(3)11-17/h8-10,14,16H,4-7,11H2,1-3H3/t14-/m0/s1. The summed E-state index contributed by atoms with van der Waals surface area (Å²) >= 11 is 0. The average Bonchev–Trinajstić information content (AvgIpc) is 2.27. The molecule has 0 spiro atoms. The molecule has 2 rings (SSSR count). The van der Waals surface area contributed by atoms with E-state index in [1.54, 1.807) is 0 Å². The summed E-state index contributed by atoms with van der Waals surface area (Å²) in [5.41, 5.74) is 2.53. The summed E-state index contributed by atoms with van der Waals surface area (Å²) in [5, 5.41) is 3.45. The predicted molar refractivity (Wildman–Crippen MR) is 75.3 cm³/mol. The second kappa shape index (κ2) is 6.21. The zero-order valence-electron chi connectivity index (χ0n) is 11.7. The minimum Gasteiger partial charge on any atom is -0.492 e. The lowest BCUT2D eigenvalue weighted by Gasteiger charge is -2.31. The molecule has 0 bridgehead atoms. The van der Waals surface area contributed by atoms with Gasteiger partial charge in [-0.05, 0) is 44.0 Å². The number of nitrogens with one attached hydrogen (secondary N) is 1. The van der Waals surface area contributed by atoms with Crippen LogP contribution in [-0.2, 0) is 0 Å². The number of hydrogen-bond donors (Lipinski definition) is 1. The highest BCUT2D eigenvalue weighted by Crippen LogP contribution is 2.16. The lowest BCUT2D eigenvalue weighted by molar-refractivity contribution is 0.170. The molecule has 1 aromatic carbocycles. The van der Waals surface area contributed by atoms with Crippen molar-refractivity contribution in [2.45, 2.75) is 26.8 Å². The van der Waals surface area contributed by atoms with Crippen LogP contribution in [-0.4, -0.2) is 43.7 Å². The molecule has 1 atom stereocenters. The van der Waals surface area contributed by atoms with Crippen molar-refractivity contribution in [1.82, 2.24) is 10.2 Å². The van der Waals surface area contributed by atoms with E-state index in [1.807, 2.05) is 0 Å². The molecule has 0 radical (unpaired) electrons. The van der Waals surface area contributed by atoms with Gasteiger partial charge in [0.05, 0.1) is 0 Å². The van der Waals surface area contributed by atoms with Crippen LogP contribution >= 0.6 is 0 Å². The maximum absolute atomic E-state index is 5.84. The number of benzene rings is 1. The zero-order chi connectivity index (χ0) is 13.0. The summed E-state index contributed by atoms with van der Waals surface area (Å²) < 4.78 is 5.84. The number of hydrogen-bond acceptors (Lipinski definition) is 3. The normalized spacial score (nSPS) is 20.9. The first-order valence-electron chi connectivity index (χ1n) is 6.80. The van der Waals surface area contributed by atoms with Crippen LogP contribution < -0.4 is 10.1 Å². The van der Waals surface area contributed by atoms with Gasteiger partial charge < -0.3 is 10.1 Å². The molecule has 1 aliphatic heterocycles. The van der Waals surface area contributed by atoms with Gasteiger partial charge in [-0.15, -0.1) is 0 Å². The van der Waals surface area contributed by atoms with Crippen molar-refractivity contribution in [3.05, 3.63) is 29.3 Å². The summed E-state index contributed by atoms with van der Waals surface area (Å²) in [4.78, 5) is 2.46. The van der Waals surface area contributed by atoms with Crippen LogP contribution in [0.1, 0.15) is 18.1 Å². The van der Waals surface area contributed by atoms with Gasteiger partial charge >= 0.3 is 0 Å². The highest BCUT2D eigenvalue weighted by atomic mass is 16.5. The minimum atomic E-state index is 0.597. The van der Waals surface area contributed by atoms with Crippen LogP contribution in [0.25, 0.3) is 0 Å². The maximum Gasteiger partial charge on any atom is 0.119 e. The lowest BCUT2D eigenvalue weighted by atomic mass is 10.1. The van der Waals surface area contributed by atoms with Crippen LogP contribution in [0, 0.1) is 13.8 Å². The van der Waals surface area contributed by atoms with E-state index in [4.69, 9.17) is 4.74 Å². The van der Waals surface area contributed by atoms with Crippen molar-refractivity contribution < 1.29 is 4.74 Å². The van der Waals surface area contributed by atoms with Crippen molar-refractivity contribution in [2.75, 3.05) is 32.8 Å². The van der Waals surface area contributed by atoms with Crippen molar-refractivity contribution in [2.24, 2.45) is 0 Å². The smallest absolute Gasteiger partial charge is 0.119 e. The first-order valence-corrected chi connectivity index (χ1v) is 6.80. The third-order valence-corrected chi connectivity index (χ3v) is 3.32. The molecule has 18 heavy (non-hydrogen) atoms. The first-order chi connectivity index (χ1) is 8.63. The molecule has 100 valence electrons. The Balaban J connectivity index is 1.77. The molecule has 3 nitrogen and oxygen atoms in total. The Morgan fingerprint density at radius 3 is 2.67 bits per heavy atom. The van der Waals surface area contributed by atoms with Crippen molar-refractivity contribution >= 4 is 0 Å². The summed E-state index contributed by atoms with van der Waals surface area (Å²) in [6.07, 6.45) is 0. The molecular weight excluding hydrogens is 224 g/mol. The van der Waals surface area contributed by atoms with E-state index in [-0.39, 0.29) is 0 Å². The Hall–Kier alpha value is -1.06. The van der Waals surface area contributed by atoms with Crippen LogP contribution in [0.4, 0.5) is 0 Å². The minimum absolute atomic E-state index is 0.597. The van der Waals surface area contributed by atoms with Gasteiger partial charge in [0.1, 0.15) is 12.4 Å². The Morgan fingerprint density at radius 1 is 1.28 bits per heavy atom. The maximum atomic E-state index is 5.84. The van der Waals surface area contributed by atoms with E-state index >= 15 is 0 Å². The molecule has 1 heterocycles. The molecule has 1 N–H and O–H groups in total. The van der Waals surface area contributed by atoms with Crippen LogP contribution in [0.3, 0.4) is 0 Å². The van der Waals surface area contributed by atoms with Crippen LogP contribution in [0.15, 0.2) is 18.2 Å². The van der Waals surface area contributed by atoms with Gasteiger partial charge in [-0.2, -0.15) is 0 Å². The van der Waals surface area contributed by atoms with E-state index in [2.05, 4.69) is 49.2 Å². The highest BCUT2D eigenvalue weighted by Gasteiger charge is 2.14. The SMILES string of the molecule is Cc1cc(C)cc(OCCN2CCN[C@@H](C)C2)c1. The Bertz CT molecular complexity index is 372. The average molecular weight is 248 g/mol. The Labute approximate surface area is 110 Å². The molecular formula is C15H24N2O. The summed E-state index contributed by atoms with van der Waals surface area (Å²) in [6, 6.07) is 6.98. The van der Waals surface area contributed by atoms with Gasteiger partial charge in [0.25, 0.3) is 0 Å². The first kappa shape index (κ1) is 13.4. The highest BCUT2D eigenvalue weighted by molar-refractivity contribution is 5.32. The predicted octanol–water partition coefficient (Wildman–Crippen LogP) is 1.98. The number of aryl methyl sites for hydroxylation is 2. The Kier molecular flexibility index (Phi) is 4.61. The summed E-state index contributed by atoms with van der Waals surface area (Å²) in [5.74, 6) is 0.996. The number of nitrogens with zero attached hydrogens (tertiary/aromatic N) is 1. The number of ether oxygens (including phenoxy) is 1. The topological polar surface area (TPSA) is 24.5 Å². The van der Waals surface area contributed by atoms with E-state index in [1.165, 1.54) is 11.1 Å². The van der Waals surface area contributed by atoms with Crippen molar-refractivity contribution in [3.63, 3.8) is 0 Å². The van der Waals surface area contributed by atoms with Crippen LogP contribution in [0.5, 0.6) is 5.75 Å². The molecule has 3 heteroatoms. The molecule has 0 aromatic heterocycles. The second-order valence-electron chi connectivity index (χ2n) is 5.33. The van der Waals surface area contributed by atoms with E-state index in [0.29, 0.717) is 6.04 Å².